The largest absolute Gasteiger partial charge is 0.478 e. The van der Waals surface area contributed by atoms with Crippen LogP contribution in [0.4, 0.5) is 4.39 Å². The molecule has 1 amide bonds. The zero-order chi connectivity index (χ0) is 16.7. The van der Waals surface area contributed by atoms with E-state index in [0.717, 1.165) is 16.4 Å². The number of nitrogens with zero attached hydrogens (tertiary/aromatic N) is 1. The predicted molar refractivity (Wildman–Crippen MR) is 74.2 cm³/mol. The molecule has 1 aromatic rings. The van der Waals surface area contributed by atoms with Crippen LogP contribution < -0.4 is 5.73 Å². The fraction of sp³-hybridized carbons (Fsp3) is 0.385. The summed E-state index contributed by atoms with van der Waals surface area (Å²) in [6.07, 6.45) is 0.680. The number of primary amides is 1. The van der Waals surface area contributed by atoms with Gasteiger partial charge in [-0.2, -0.15) is 4.31 Å². The summed E-state index contributed by atoms with van der Waals surface area (Å²) in [5, 5.41) is 8.96. The smallest absolute Gasteiger partial charge is 0.338 e. The van der Waals surface area contributed by atoms with Crippen LogP contribution in [0.1, 0.15) is 28.8 Å². The summed E-state index contributed by atoms with van der Waals surface area (Å²) in [6, 6.07) is 1.05. The van der Waals surface area contributed by atoms with Gasteiger partial charge in [-0.3, -0.25) is 4.79 Å². The number of aromatic carboxylic acids is 1. The van der Waals surface area contributed by atoms with Gasteiger partial charge >= 0.3 is 5.97 Å². The maximum absolute atomic E-state index is 14.3. The molecule has 0 aliphatic carbocycles. The number of rotatable bonds is 4. The Bertz CT molecular complexity index is 747. The minimum Gasteiger partial charge on any atom is -0.478 e. The third-order valence-corrected chi connectivity index (χ3v) is 5.44. The van der Waals surface area contributed by atoms with Crippen LogP contribution in [0.25, 0.3) is 0 Å². The standard InChI is InChI=1S/C13H15FN2O5S/c1-7-5-8(13(18)19)11(14)10(6-7)22(20,21)16-4-2-3-9(16)12(15)17/h5-6,9H,2-4H2,1H3,(H2,15,17)(H,18,19)/t9-/m1/s1. The Labute approximate surface area is 126 Å². The highest BCUT2D eigenvalue weighted by Crippen LogP contribution is 2.29. The summed E-state index contributed by atoms with van der Waals surface area (Å²) in [6.45, 7) is 1.49. The molecule has 1 aliphatic rings. The summed E-state index contributed by atoms with van der Waals surface area (Å²) < 4.78 is 40.3. The number of benzene rings is 1. The quantitative estimate of drug-likeness (QED) is 0.832. The van der Waals surface area contributed by atoms with Gasteiger partial charge in [0.15, 0.2) is 5.82 Å². The van der Waals surface area contributed by atoms with Crippen LogP contribution in [0.15, 0.2) is 17.0 Å². The van der Waals surface area contributed by atoms with Gasteiger partial charge in [0.1, 0.15) is 10.9 Å². The number of carboxylic acids is 1. The first-order valence-electron chi connectivity index (χ1n) is 6.51. The van der Waals surface area contributed by atoms with E-state index in [9.17, 15) is 22.4 Å². The van der Waals surface area contributed by atoms with Gasteiger partial charge in [-0.1, -0.05) is 0 Å². The number of halogens is 1. The topological polar surface area (TPSA) is 118 Å². The highest BCUT2D eigenvalue weighted by atomic mass is 32.2. The molecule has 9 heteroatoms. The normalized spacial score (nSPS) is 19.3. The van der Waals surface area contributed by atoms with Gasteiger partial charge in [-0.15, -0.1) is 0 Å². The minimum absolute atomic E-state index is 0.0335. The van der Waals surface area contributed by atoms with Crippen molar-refractivity contribution in [2.24, 2.45) is 5.73 Å². The Morgan fingerprint density at radius 3 is 2.59 bits per heavy atom. The second-order valence-electron chi connectivity index (χ2n) is 5.11. The van der Waals surface area contributed by atoms with Crippen molar-refractivity contribution in [3.63, 3.8) is 0 Å². The number of hydrogen-bond acceptors (Lipinski definition) is 4. The van der Waals surface area contributed by atoms with Crippen molar-refractivity contribution in [1.82, 2.24) is 4.31 Å². The molecule has 0 saturated carbocycles. The average molecular weight is 330 g/mol. The number of carbonyl (C=O) groups is 2. The van der Waals surface area contributed by atoms with E-state index in [1.165, 1.54) is 6.92 Å². The Balaban J connectivity index is 2.59. The molecule has 0 unspecified atom stereocenters. The third kappa shape index (κ3) is 2.69. The fourth-order valence-corrected chi connectivity index (χ4v) is 4.36. The second kappa shape index (κ2) is 5.65. The van der Waals surface area contributed by atoms with Crippen molar-refractivity contribution < 1.29 is 27.5 Å². The summed E-state index contributed by atoms with van der Waals surface area (Å²) >= 11 is 0. The van der Waals surface area contributed by atoms with Crippen LogP contribution in [0.2, 0.25) is 0 Å². The zero-order valence-corrected chi connectivity index (χ0v) is 12.6. The fourth-order valence-electron chi connectivity index (χ4n) is 2.52. The van der Waals surface area contributed by atoms with Crippen molar-refractivity contribution in [3.05, 3.63) is 29.1 Å². The van der Waals surface area contributed by atoms with E-state index >= 15 is 0 Å². The van der Waals surface area contributed by atoms with E-state index in [4.69, 9.17) is 10.8 Å². The van der Waals surface area contributed by atoms with Gasteiger partial charge < -0.3 is 10.8 Å². The lowest BCUT2D eigenvalue weighted by atomic mass is 10.1. The minimum atomic E-state index is -4.35. The highest BCUT2D eigenvalue weighted by Gasteiger charge is 2.40. The van der Waals surface area contributed by atoms with Gasteiger partial charge in [0.05, 0.1) is 5.56 Å². The first kappa shape index (κ1) is 16.4. The molecule has 1 fully saturated rings. The first-order valence-corrected chi connectivity index (χ1v) is 7.95. The van der Waals surface area contributed by atoms with Gasteiger partial charge in [0.25, 0.3) is 0 Å². The van der Waals surface area contributed by atoms with Crippen molar-refractivity contribution in [2.75, 3.05) is 6.54 Å². The molecule has 1 aliphatic heterocycles. The molecule has 22 heavy (non-hydrogen) atoms. The molecule has 120 valence electrons. The van der Waals surface area contributed by atoms with Crippen LogP contribution >= 0.6 is 0 Å². The molecule has 0 aromatic heterocycles. The summed E-state index contributed by atoms with van der Waals surface area (Å²) in [7, 11) is -4.35. The van der Waals surface area contributed by atoms with Crippen molar-refractivity contribution in [3.8, 4) is 0 Å². The van der Waals surface area contributed by atoms with Crippen LogP contribution in [0.3, 0.4) is 0 Å². The van der Waals surface area contributed by atoms with Crippen LogP contribution in [-0.2, 0) is 14.8 Å². The maximum Gasteiger partial charge on any atom is 0.338 e. The molecule has 0 spiro atoms. The Hall–Kier alpha value is -2.00. The van der Waals surface area contributed by atoms with Crippen LogP contribution in [0, 0.1) is 12.7 Å². The highest BCUT2D eigenvalue weighted by molar-refractivity contribution is 7.89. The van der Waals surface area contributed by atoms with Crippen molar-refractivity contribution in [1.29, 1.82) is 0 Å². The number of carbonyl (C=O) groups excluding carboxylic acids is 1. The molecule has 3 N–H and O–H groups in total. The van der Waals surface area contributed by atoms with Crippen molar-refractivity contribution in [2.45, 2.75) is 30.7 Å². The molecule has 0 radical (unpaired) electrons. The molecular weight excluding hydrogens is 315 g/mol. The molecule has 1 heterocycles. The summed E-state index contributed by atoms with van der Waals surface area (Å²) in [4.78, 5) is 21.6. The van der Waals surface area contributed by atoms with E-state index in [1.54, 1.807) is 0 Å². The predicted octanol–water partition coefficient (Wildman–Crippen LogP) is 0.471. The lowest BCUT2D eigenvalue weighted by Crippen LogP contribution is -2.43. The molecular formula is C13H15FN2O5S. The van der Waals surface area contributed by atoms with Gasteiger partial charge in [0, 0.05) is 6.54 Å². The number of aryl methyl sites for hydroxylation is 1. The number of nitrogens with two attached hydrogens (primary N) is 1. The van der Waals surface area contributed by atoms with Crippen LogP contribution in [-0.4, -0.2) is 42.3 Å². The van der Waals surface area contributed by atoms with E-state index in [1.807, 2.05) is 0 Å². The molecule has 1 atom stereocenters. The van der Waals surface area contributed by atoms with Gasteiger partial charge in [0.2, 0.25) is 15.9 Å². The van der Waals surface area contributed by atoms with Gasteiger partial charge in [-0.25, -0.2) is 17.6 Å². The SMILES string of the molecule is Cc1cc(C(=O)O)c(F)c(S(=O)(=O)N2CCC[C@@H]2C(N)=O)c1. The summed E-state index contributed by atoms with van der Waals surface area (Å²) in [5.41, 5.74) is 4.73. The molecule has 7 nitrogen and oxygen atoms in total. The number of hydrogen-bond donors (Lipinski definition) is 2. The lowest BCUT2D eigenvalue weighted by molar-refractivity contribution is -0.121. The van der Waals surface area contributed by atoms with Gasteiger partial charge in [-0.05, 0) is 37.5 Å². The van der Waals surface area contributed by atoms with E-state index in [-0.39, 0.29) is 18.5 Å². The Morgan fingerprint density at radius 2 is 2.05 bits per heavy atom. The maximum atomic E-state index is 14.3. The molecule has 2 rings (SSSR count). The molecule has 1 saturated heterocycles. The monoisotopic (exact) mass is 330 g/mol. The average Bonchev–Trinajstić information content (AvgIpc) is 2.90. The number of sulfonamides is 1. The lowest BCUT2D eigenvalue weighted by Gasteiger charge is -2.22. The second-order valence-corrected chi connectivity index (χ2v) is 6.96. The third-order valence-electron chi connectivity index (χ3n) is 3.53. The molecule has 1 aromatic carbocycles. The van der Waals surface area contributed by atoms with Crippen LogP contribution in [0.5, 0.6) is 0 Å². The van der Waals surface area contributed by atoms with Crippen molar-refractivity contribution >= 4 is 21.9 Å². The zero-order valence-electron chi connectivity index (χ0n) is 11.7. The number of carboxylic acid groups (broad SMARTS) is 1. The first-order chi connectivity index (χ1) is 10.2. The van der Waals surface area contributed by atoms with E-state index in [2.05, 4.69) is 0 Å². The number of amides is 1. The van der Waals surface area contributed by atoms with E-state index in [0.29, 0.717) is 6.42 Å². The Morgan fingerprint density at radius 1 is 1.41 bits per heavy atom. The van der Waals surface area contributed by atoms with E-state index < -0.39 is 44.2 Å². The molecule has 0 bridgehead atoms. The summed E-state index contributed by atoms with van der Waals surface area (Å²) in [5.74, 6) is -3.72. The Kier molecular flexibility index (Phi) is 4.21.